The fourth-order valence-corrected chi connectivity index (χ4v) is 1.32. The van der Waals surface area contributed by atoms with Crippen LogP contribution in [0.25, 0.3) is 0 Å². The smallest absolute Gasteiger partial charge is 0.337 e. The molecule has 16 heavy (non-hydrogen) atoms. The normalized spacial score (nSPS) is 11.9. The Hall–Kier alpha value is -1.04. The van der Waals surface area contributed by atoms with Gasteiger partial charge < -0.3 is 9.88 Å². The maximum Gasteiger partial charge on any atom is 0.390 e. The summed E-state index contributed by atoms with van der Waals surface area (Å²) >= 11 is 0. The lowest BCUT2D eigenvalue weighted by atomic mass is 10.3. The molecule has 3 nitrogen and oxygen atoms in total. The van der Waals surface area contributed by atoms with Crippen LogP contribution in [-0.2, 0) is 6.54 Å². The van der Waals surface area contributed by atoms with Crippen molar-refractivity contribution in [3.05, 3.63) is 18.7 Å². The average Bonchev–Trinajstić information content (AvgIpc) is 2.67. The van der Waals surface area contributed by atoms with E-state index in [2.05, 4.69) is 10.3 Å². The highest BCUT2D eigenvalue weighted by Crippen LogP contribution is 2.17. The number of alkyl halides is 3. The quantitative estimate of drug-likeness (QED) is 0.734. The molecule has 0 aromatic carbocycles. The van der Waals surface area contributed by atoms with E-state index in [-0.39, 0.29) is 6.54 Å². The van der Waals surface area contributed by atoms with E-state index < -0.39 is 12.6 Å². The fourth-order valence-electron chi connectivity index (χ4n) is 1.32. The van der Waals surface area contributed by atoms with Crippen molar-refractivity contribution < 1.29 is 13.2 Å². The van der Waals surface area contributed by atoms with Gasteiger partial charge in [-0.25, -0.2) is 4.98 Å². The van der Waals surface area contributed by atoms with Crippen LogP contribution in [-0.4, -0.2) is 28.8 Å². The van der Waals surface area contributed by atoms with Crippen LogP contribution in [0.4, 0.5) is 13.2 Å². The van der Waals surface area contributed by atoms with E-state index >= 15 is 0 Å². The molecule has 0 saturated carbocycles. The largest absolute Gasteiger partial charge is 0.390 e. The molecule has 1 N–H and O–H groups in total. The lowest BCUT2D eigenvalue weighted by Crippen LogP contribution is -2.22. The van der Waals surface area contributed by atoms with Crippen molar-refractivity contribution in [2.45, 2.75) is 32.0 Å². The molecule has 1 rings (SSSR count). The zero-order chi connectivity index (χ0) is 11.9. The molecular formula is C10H16F3N3. The summed E-state index contributed by atoms with van der Waals surface area (Å²) in [7, 11) is 0. The van der Waals surface area contributed by atoms with E-state index in [4.69, 9.17) is 0 Å². The molecule has 0 saturated heterocycles. The molecule has 0 spiro atoms. The van der Waals surface area contributed by atoms with Gasteiger partial charge in [0.25, 0.3) is 0 Å². The van der Waals surface area contributed by atoms with E-state index in [1.807, 2.05) is 10.8 Å². The molecule has 92 valence electrons. The first-order valence-electron chi connectivity index (χ1n) is 5.31. The Balaban J connectivity index is 1.89. The average molecular weight is 235 g/mol. The van der Waals surface area contributed by atoms with Gasteiger partial charge in [-0.05, 0) is 19.4 Å². The summed E-state index contributed by atoms with van der Waals surface area (Å²) in [5, 5.41) is 2.78. The van der Waals surface area contributed by atoms with E-state index in [0.717, 1.165) is 19.4 Å². The Morgan fingerprint density at radius 2 is 2.00 bits per heavy atom. The molecule has 0 unspecified atom stereocenters. The number of halogens is 3. The lowest BCUT2D eigenvalue weighted by molar-refractivity contribution is -0.133. The minimum absolute atomic E-state index is 0.00851. The summed E-state index contributed by atoms with van der Waals surface area (Å²) in [5.74, 6) is 0. The maximum atomic E-state index is 11.8. The molecule has 0 amide bonds. The highest BCUT2D eigenvalue weighted by molar-refractivity contribution is 4.73. The van der Waals surface area contributed by atoms with E-state index in [1.54, 1.807) is 12.5 Å². The minimum atomic E-state index is -4.05. The standard InChI is InChI=1S/C10H16F3N3/c11-10(12,13)3-5-14-4-1-2-7-16-8-6-15-9-16/h6,8-9,14H,1-5,7H2. The van der Waals surface area contributed by atoms with Crippen molar-refractivity contribution in [3.63, 3.8) is 0 Å². The number of nitrogens with one attached hydrogen (secondary N) is 1. The second-order valence-corrected chi connectivity index (χ2v) is 3.62. The molecule has 0 bridgehead atoms. The third kappa shape index (κ3) is 6.44. The van der Waals surface area contributed by atoms with Crippen molar-refractivity contribution in [3.8, 4) is 0 Å². The number of hydrogen-bond acceptors (Lipinski definition) is 2. The molecule has 0 atom stereocenters. The molecular weight excluding hydrogens is 219 g/mol. The van der Waals surface area contributed by atoms with Crippen LogP contribution in [0.5, 0.6) is 0 Å². The van der Waals surface area contributed by atoms with Crippen molar-refractivity contribution in [1.82, 2.24) is 14.9 Å². The predicted octanol–water partition coefficient (Wildman–Crippen LogP) is 2.21. The highest BCUT2D eigenvalue weighted by Gasteiger charge is 2.25. The molecule has 0 fully saturated rings. The predicted molar refractivity (Wildman–Crippen MR) is 55.0 cm³/mol. The summed E-state index contributed by atoms with van der Waals surface area (Å²) in [5.41, 5.74) is 0. The summed E-state index contributed by atoms with van der Waals surface area (Å²) in [6.07, 6.45) is 2.32. The molecule has 1 aromatic rings. The van der Waals surface area contributed by atoms with Gasteiger partial charge in [-0.3, -0.25) is 0 Å². The topological polar surface area (TPSA) is 29.9 Å². The number of nitrogens with zero attached hydrogens (tertiary/aromatic N) is 2. The first-order valence-corrected chi connectivity index (χ1v) is 5.31. The summed E-state index contributed by atoms with van der Waals surface area (Å²) in [6, 6.07) is 0. The van der Waals surface area contributed by atoms with E-state index in [0.29, 0.717) is 6.54 Å². The Morgan fingerprint density at radius 1 is 1.19 bits per heavy atom. The van der Waals surface area contributed by atoms with Gasteiger partial charge >= 0.3 is 6.18 Å². The third-order valence-corrected chi connectivity index (χ3v) is 2.16. The van der Waals surface area contributed by atoms with Crippen LogP contribution >= 0.6 is 0 Å². The molecule has 0 aliphatic heterocycles. The first kappa shape index (κ1) is 13.0. The van der Waals surface area contributed by atoms with Gasteiger partial charge in [0.2, 0.25) is 0 Å². The Morgan fingerprint density at radius 3 is 2.62 bits per heavy atom. The zero-order valence-electron chi connectivity index (χ0n) is 9.00. The Kier molecular flexibility index (Phi) is 5.31. The summed E-state index contributed by atoms with van der Waals surface area (Å²) in [6.45, 7) is 1.50. The van der Waals surface area contributed by atoms with Crippen LogP contribution in [0.15, 0.2) is 18.7 Å². The fraction of sp³-hybridized carbons (Fsp3) is 0.700. The van der Waals surface area contributed by atoms with Gasteiger partial charge in [-0.1, -0.05) is 0 Å². The van der Waals surface area contributed by atoms with Crippen molar-refractivity contribution in [2.24, 2.45) is 0 Å². The van der Waals surface area contributed by atoms with Gasteiger partial charge in [0.1, 0.15) is 0 Å². The maximum absolute atomic E-state index is 11.8. The van der Waals surface area contributed by atoms with E-state index in [1.165, 1.54) is 0 Å². The van der Waals surface area contributed by atoms with Gasteiger partial charge in [-0.2, -0.15) is 13.2 Å². The van der Waals surface area contributed by atoms with Crippen molar-refractivity contribution >= 4 is 0 Å². The lowest BCUT2D eigenvalue weighted by Gasteiger charge is -2.07. The number of aromatic nitrogens is 2. The Bertz CT molecular complexity index is 269. The van der Waals surface area contributed by atoms with Crippen LogP contribution < -0.4 is 5.32 Å². The SMILES string of the molecule is FC(F)(F)CCNCCCCn1ccnc1. The van der Waals surface area contributed by atoms with Gasteiger partial charge in [0, 0.05) is 25.5 Å². The van der Waals surface area contributed by atoms with Gasteiger partial charge in [0.15, 0.2) is 0 Å². The van der Waals surface area contributed by atoms with Crippen molar-refractivity contribution in [2.75, 3.05) is 13.1 Å². The third-order valence-electron chi connectivity index (χ3n) is 2.16. The molecule has 6 heteroatoms. The zero-order valence-corrected chi connectivity index (χ0v) is 9.00. The van der Waals surface area contributed by atoms with E-state index in [9.17, 15) is 13.2 Å². The van der Waals surface area contributed by atoms with Crippen LogP contribution in [0.2, 0.25) is 0 Å². The number of imidazole rings is 1. The molecule has 1 aromatic heterocycles. The number of unbranched alkanes of at least 4 members (excludes halogenated alkanes) is 1. The van der Waals surface area contributed by atoms with Gasteiger partial charge in [-0.15, -0.1) is 0 Å². The van der Waals surface area contributed by atoms with Gasteiger partial charge in [0.05, 0.1) is 12.7 Å². The molecule has 0 aliphatic carbocycles. The first-order chi connectivity index (χ1) is 7.58. The second kappa shape index (κ2) is 6.52. The number of rotatable bonds is 7. The number of aryl methyl sites for hydroxylation is 1. The molecule has 0 aliphatic rings. The monoisotopic (exact) mass is 235 g/mol. The van der Waals surface area contributed by atoms with Crippen LogP contribution in [0.1, 0.15) is 19.3 Å². The van der Waals surface area contributed by atoms with Crippen LogP contribution in [0, 0.1) is 0 Å². The Labute approximate surface area is 92.7 Å². The second-order valence-electron chi connectivity index (χ2n) is 3.62. The molecule has 0 radical (unpaired) electrons. The number of hydrogen-bond donors (Lipinski definition) is 1. The minimum Gasteiger partial charge on any atom is -0.337 e. The summed E-state index contributed by atoms with van der Waals surface area (Å²) < 4.78 is 37.3. The highest BCUT2D eigenvalue weighted by atomic mass is 19.4. The van der Waals surface area contributed by atoms with Crippen LogP contribution in [0.3, 0.4) is 0 Å². The van der Waals surface area contributed by atoms with Crippen molar-refractivity contribution in [1.29, 1.82) is 0 Å². The summed E-state index contributed by atoms with van der Waals surface area (Å²) in [4.78, 5) is 3.90. The molecule has 1 heterocycles.